The van der Waals surface area contributed by atoms with Gasteiger partial charge in [0.05, 0.1) is 12.7 Å². The normalized spacial score (nSPS) is 41.8. The number of hydrogen-bond acceptors (Lipinski definition) is 6. The van der Waals surface area contributed by atoms with Gasteiger partial charge in [-0.15, -0.1) is 0 Å². The molecule has 1 aliphatic rings. The van der Waals surface area contributed by atoms with Gasteiger partial charge in [-0.25, -0.2) is 0 Å². The Morgan fingerprint density at radius 2 is 1.60 bits per heavy atom. The summed E-state index contributed by atoms with van der Waals surface area (Å²) in [6.07, 6.45) is -3.70. The predicted molar refractivity (Wildman–Crippen MR) is 56.9 cm³/mol. The summed E-state index contributed by atoms with van der Waals surface area (Å²) in [4.78, 5) is 0. The molecular weight excluding hydrogens is 220 g/mol. The lowest BCUT2D eigenvalue weighted by molar-refractivity contribution is -0.230. The van der Waals surface area contributed by atoms with Gasteiger partial charge in [-0.1, -0.05) is 0 Å². The van der Waals surface area contributed by atoms with Crippen LogP contribution >= 0.6 is 12.6 Å². The van der Waals surface area contributed by atoms with E-state index in [0.29, 0.717) is 12.2 Å². The smallest absolute Gasteiger partial charge is 0.111 e. The molecule has 1 aliphatic heterocycles. The molecule has 15 heavy (non-hydrogen) atoms. The largest absolute Gasteiger partial charge is 0.394 e. The van der Waals surface area contributed by atoms with Gasteiger partial charge in [0.1, 0.15) is 24.4 Å². The van der Waals surface area contributed by atoms with Gasteiger partial charge in [0.2, 0.25) is 0 Å². The minimum atomic E-state index is -1.26. The van der Waals surface area contributed by atoms with Crippen molar-refractivity contribution in [3.8, 4) is 0 Å². The van der Waals surface area contributed by atoms with Crippen LogP contribution in [0.3, 0.4) is 0 Å². The molecule has 0 bridgehead atoms. The molecule has 0 aromatic rings. The molecule has 1 fully saturated rings. The van der Waals surface area contributed by atoms with Crippen molar-refractivity contribution in [1.29, 1.82) is 0 Å². The quantitative estimate of drug-likeness (QED) is 0.386. The molecule has 6 heteroatoms. The number of aliphatic hydroxyl groups is 4. The summed E-state index contributed by atoms with van der Waals surface area (Å²) in [6.45, 7) is -0.373. The molecule has 0 radical (unpaired) electrons. The van der Waals surface area contributed by atoms with Crippen molar-refractivity contribution in [3.63, 3.8) is 0 Å². The van der Waals surface area contributed by atoms with E-state index in [2.05, 4.69) is 12.6 Å². The van der Waals surface area contributed by atoms with E-state index in [1.54, 1.807) is 0 Å². The SMILES string of the molecule is OC[C@H]1O[C@H](CCCS)[C@@H](O)[C@@H](O)[C@@H]1O. The lowest BCUT2D eigenvalue weighted by Gasteiger charge is -2.40. The van der Waals surface area contributed by atoms with Gasteiger partial charge in [0, 0.05) is 0 Å². The fourth-order valence-corrected chi connectivity index (χ4v) is 1.89. The average molecular weight is 238 g/mol. The molecule has 1 heterocycles. The van der Waals surface area contributed by atoms with Crippen molar-refractivity contribution in [3.05, 3.63) is 0 Å². The molecule has 90 valence electrons. The zero-order chi connectivity index (χ0) is 11.4. The number of aliphatic hydroxyl groups excluding tert-OH is 4. The topological polar surface area (TPSA) is 90.2 Å². The molecule has 0 unspecified atom stereocenters. The molecule has 0 saturated carbocycles. The summed E-state index contributed by atoms with van der Waals surface area (Å²) >= 11 is 4.04. The maximum absolute atomic E-state index is 9.61. The fraction of sp³-hybridized carbons (Fsp3) is 1.00. The first-order chi connectivity index (χ1) is 7.11. The van der Waals surface area contributed by atoms with Gasteiger partial charge in [-0.3, -0.25) is 0 Å². The van der Waals surface area contributed by atoms with Crippen LogP contribution < -0.4 is 0 Å². The van der Waals surface area contributed by atoms with Crippen molar-refractivity contribution < 1.29 is 25.2 Å². The van der Waals surface area contributed by atoms with E-state index in [1.165, 1.54) is 0 Å². The molecule has 5 atom stereocenters. The van der Waals surface area contributed by atoms with Crippen LogP contribution in [0.25, 0.3) is 0 Å². The van der Waals surface area contributed by atoms with Crippen LogP contribution in [-0.4, -0.2) is 63.3 Å². The number of hydrogen-bond donors (Lipinski definition) is 5. The monoisotopic (exact) mass is 238 g/mol. The summed E-state index contributed by atoms with van der Waals surface area (Å²) in [6, 6.07) is 0. The van der Waals surface area contributed by atoms with E-state index in [9.17, 15) is 15.3 Å². The summed E-state index contributed by atoms with van der Waals surface area (Å²) < 4.78 is 5.29. The highest BCUT2D eigenvalue weighted by atomic mass is 32.1. The molecule has 0 aromatic heterocycles. The Hall–Kier alpha value is 0.150. The number of rotatable bonds is 4. The van der Waals surface area contributed by atoms with Crippen LogP contribution in [0, 0.1) is 0 Å². The highest BCUT2D eigenvalue weighted by Gasteiger charge is 2.42. The molecule has 4 N–H and O–H groups in total. The van der Waals surface area contributed by atoms with Gasteiger partial charge < -0.3 is 25.2 Å². The summed E-state index contributed by atoms with van der Waals surface area (Å²) in [5.41, 5.74) is 0. The van der Waals surface area contributed by atoms with Crippen LogP contribution in [-0.2, 0) is 4.74 Å². The molecule has 5 nitrogen and oxygen atoms in total. The van der Waals surface area contributed by atoms with Crippen molar-refractivity contribution in [2.75, 3.05) is 12.4 Å². The minimum absolute atomic E-state index is 0.373. The highest BCUT2D eigenvalue weighted by Crippen LogP contribution is 2.23. The zero-order valence-corrected chi connectivity index (χ0v) is 9.25. The summed E-state index contributed by atoms with van der Waals surface area (Å²) in [5, 5.41) is 37.5. The van der Waals surface area contributed by atoms with Crippen LogP contribution in [0.4, 0.5) is 0 Å². The standard InChI is InChI=1S/C9H18O5S/c10-4-6-8(12)9(13)7(11)5(14-6)2-1-3-15/h5-13,15H,1-4H2/t5-,6-,7-,8-,9-/m1/s1. The third kappa shape index (κ3) is 3.05. The second kappa shape index (κ2) is 6.03. The molecular formula is C9H18O5S. The lowest BCUT2D eigenvalue weighted by atomic mass is 9.93. The summed E-state index contributed by atoms with van der Waals surface area (Å²) in [5.74, 6) is 0.662. The van der Waals surface area contributed by atoms with Gasteiger partial charge in [0.15, 0.2) is 0 Å². The van der Waals surface area contributed by atoms with Crippen LogP contribution in [0.15, 0.2) is 0 Å². The first-order valence-electron chi connectivity index (χ1n) is 5.03. The van der Waals surface area contributed by atoms with Crippen LogP contribution in [0.2, 0.25) is 0 Å². The maximum Gasteiger partial charge on any atom is 0.111 e. The second-order valence-corrected chi connectivity index (χ2v) is 4.18. The van der Waals surface area contributed by atoms with E-state index in [0.717, 1.165) is 6.42 Å². The molecule has 1 rings (SSSR count). The third-order valence-electron chi connectivity index (χ3n) is 2.64. The predicted octanol–water partition coefficient (Wildman–Crippen LogP) is -1.46. The highest BCUT2D eigenvalue weighted by molar-refractivity contribution is 7.80. The maximum atomic E-state index is 9.61. The van der Waals surface area contributed by atoms with Crippen molar-refractivity contribution in [2.24, 2.45) is 0 Å². The molecule has 0 spiro atoms. The Kier molecular flexibility index (Phi) is 5.31. The van der Waals surface area contributed by atoms with Crippen molar-refractivity contribution >= 4 is 12.6 Å². The van der Waals surface area contributed by atoms with E-state index in [-0.39, 0.29) is 6.61 Å². The molecule has 0 aliphatic carbocycles. The first-order valence-corrected chi connectivity index (χ1v) is 5.66. The fourth-order valence-electron chi connectivity index (χ4n) is 1.71. The second-order valence-electron chi connectivity index (χ2n) is 3.73. The van der Waals surface area contributed by atoms with Crippen molar-refractivity contribution in [2.45, 2.75) is 43.4 Å². The Morgan fingerprint density at radius 1 is 1.00 bits per heavy atom. The Labute approximate surface area is 94.1 Å². The zero-order valence-electron chi connectivity index (χ0n) is 8.36. The van der Waals surface area contributed by atoms with E-state index in [1.807, 2.05) is 0 Å². The molecule has 0 amide bonds. The Bertz CT molecular complexity index is 189. The first kappa shape index (κ1) is 13.2. The summed E-state index contributed by atoms with van der Waals surface area (Å²) in [7, 11) is 0. The van der Waals surface area contributed by atoms with Crippen LogP contribution in [0.5, 0.6) is 0 Å². The van der Waals surface area contributed by atoms with Crippen LogP contribution in [0.1, 0.15) is 12.8 Å². The number of thiol groups is 1. The molecule has 0 aromatic carbocycles. The Balaban J connectivity index is 2.57. The van der Waals surface area contributed by atoms with Gasteiger partial charge in [-0.05, 0) is 18.6 Å². The van der Waals surface area contributed by atoms with Gasteiger partial charge in [-0.2, -0.15) is 12.6 Å². The average Bonchev–Trinajstić information content (AvgIpc) is 2.25. The van der Waals surface area contributed by atoms with Gasteiger partial charge >= 0.3 is 0 Å². The number of ether oxygens (including phenoxy) is 1. The molecule has 1 saturated heterocycles. The lowest BCUT2D eigenvalue weighted by Crippen LogP contribution is -2.58. The van der Waals surface area contributed by atoms with E-state index in [4.69, 9.17) is 9.84 Å². The third-order valence-corrected chi connectivity index (χ3v) is 2.95. The minimum Gasteiger partial charge on any atom is -0.394 e. The van der Waals surface area contributed by atoms with Gasteiger partial charge in [0.25, 0.3) is 0 Å². The van der Waals surface area contributed by atoms with E-state index < -0.39 is 30.5 Å². The van der Waals surface area contributed by atoms with E-state index >= 15 is 0 Å². The van der Waals surface area contributed by atoms with Crippen molar-refractivity contribution in [1.82, 2.24) is 0 Å². The Morgan fingerprint density at radius 3 is 2.13 bits per heavy atom.